The molecule has 0 unspecified atom stereocenters. The van der Waals surface area contributed by atoms with Crippen molar-refractivity contribution in [3.05, 3.63) is 58.1 Å². The van der Waals surface area contributed by atoms with E-state index in [1.807, 2.05) is 6.07 Å². The number of hydrogen-bond acceptors (Lipinski definition) is 4. The van der Waals surface area contributed by atoms with Crippen molar-refractivity contribution in [1.82, 2.24) is 9.88 Å². The van der Waals surface area contributed by atoms with E-state index in [1.54, 1.807) is 18.4 Å². The van der Waals surface area contributed by atoms with Crippen LogP contribution in [0.1, 0.15) is 21.7 Å². The first-order valence-corrected chi connectivity index (χ1v) is 8.55. The van der Waals surface area contributed by atoms with Gasteiger partial charge < -0.3 is 4.74 Å². The molecule has 0 aliphatic carbocycles. The molecule has 3 aromatic rings. The number of aryl methyl sites for hydroxylation is 2. The average molecular weight is 326 g/mol. The van der Waals surface area contributed by atoms with E-state index in [2.05, 4.69) is 56.1 Å². The minimum absolute atomic E-state index is 0.865. The lowest BCUT2D eigenvalue weighted by Crippen LogP contribution is -2.17. The number of para-hydroxylation sites is 1. The average Bonchev–Trinajstić information content (AvgIpc) is 2.88. The van der Waals surface area contributed by atoms with Crippen LogP contribution < -0.4 is 4.74 Å². The molecule has 3 rings (SSSR count). The second-order valence-corrected chi connectivity index (χ2v) is 7.13. The SMILES string of the molecule is COc1c(C)cc(CN(C)Cc2nc3ccccc3s2)cc1C. The predicted molar refractivity (Wildman–Crippen MR) is 97.3 cm³/mol. The maximum absolute atomic E-state index is 5.44. The van der Waals surface area contributed by atoms with Crippen LogP contribution in [0.5, 0.6) is 5.75 Å². The standard InChI is InChI=1S/C19H22N2OS/c1-13-9-15(10-14(2)19(13)22-4)11-21(3)12-18-20-16-7-5-6-8-17(16)23-18/h5-10H,11-12H2,1-4H3. The number of hydrogen-bond donors (Lipinski definition) is 0. The highest BCUT2D eigenvalue weighted by Gasteiger charge is 2.10. The smallest absolute Gasteiger partial charge is 0.124 e. The van der Waals surface area contributed by atoms with Crippen LogP contribution in [0.2, 0.25) is 0 Å². The van der Waals surface area contributed by atoms with E-state index in [1.165, 1.54) is 21.4 Å². The summed E-state index contributed by atoms with van der Waals surface area (Å²) in [7, 11) is 3.87. The molecule has 0 saturated carbocycles. The number of aromatic nitrogens is 1. The molecule has 3 nitrogen and oxygen atoms in total. The fourth-order valence-electron chi connectivity index (χ4n) is 3.04. The van der Waals surface area contributed by atoms with Gasteiger partial charge in [-0.1, -0.05) is 24.3 Å². The van der Waals surface area contributed by atoms with Crippen LogP contribution >= 0.6 is 11.3 Å². The zero-order valence-electron chi connectivity index (χ0n) is 14.1. The molecule has 1 heterocycles. The summed E-state index contributed by atoms with van der Waals surface area (Å²) in [5.74, 6) is 0.988. The zero-order valence-corrected chi connectivity index (χ0v) is 14.9. The molecule has 0 N–H and O–H groups in total. The third-order valence-electron chi connectivity index (χ3n) is 3.92. The molecule has 0 saturated heterocycles. The quantitative estimate of drug-likeness (QED) is 0.687. The number of fused-ring (bicyclic) bond motifs is 1. The molecular weight excluding hydrogens is 304 g/mol. The third kappa shape index (κ3) is 3.54. The summed E-state index contributed by atoms with van der Waals surface area (Å²) in [6.07, 6.45) is 0. The molecule has 0 atom stereocenters. The van der Waals surface area contributed by atoms with Gasteiger partial charge in [0.25, 0.3) is 0 Å². The molecule has 0 amide bonds. The molecular formula is C19H22N2OS. The molecule has 1 aromatic heterocycles. The van der Waals surface area contributed by atoms with Gasteiger partial charge in [-0.2, -0.15) is 0 Å². The molecule has 0 aliphatic rings. The molecule has 0 fully saturated rings. The van der Waals surface area contributed by atoms with Crippen LogP contribution in [0.25, 0.3) is 10.2 Å². The maximum atomic E-state index is 5.44. The van der Waals surface area contributed by atoms with Crippen LogP contribution in [-0.2, 0) is 13.1 Å². The highest BCUT2D eigenvalue weighted by Crippen LogP contribution is 2.26. The number of nitrogens with zero attached hydrogens (tertiary/aromatic N) is 2. The van der Waals surface area contributed by atoms with Crippen LogP contribution in [0, 0.1) is 13.8 Å². The van der Waals surface area contributed by atoms with Gasteiger partial charge in [-0.05, 0) is 49.7 Å². The molecule has 0 spiro atoms. The van der Waals surface area contributed by atoms with E-state index in [0.29, 0.717) is 0 Å². The summed E-state index contributed by atoms with van der Waals surface area (Å²) in [6.45, 7) is 5.97. The second-order valence-electron chi connectivity index (χ2n) is 6.01. The van der Waals surface area contributed by atoms with E-state index in [4.69, 9.17) is 9.72 Å². The largest absolute Gasteiger partial charge is 0.496 e. The van der Waals surface area contributed by atoms with Crippen molar-refractivity contribution in [1.29, 1.82) is 0 Å². The van der Waals surface area contributed by atoms with E-state index < -0.39 is 0 Å². The lowest BCUT2D eigenvalue weighted by molar-refractivity contribution is 0.318. The van der Waals surface area contributed by atoms with Gasteiger partial charge in [0.15, 0.2) is 0 Å². The summed E-state index contributed by atoms with van der Waals surface area (Å²) >= 11 is 1.78. The Hall–Kier alpha value is -1.91. The van der Waals surface area contributed by atoms with Gasteiger partial charge in [-0.25, -0.2) is 4.98 Å². The summed E-state index contributed by atoms with van der Waals surface area (Å²) in [6, 6.07) is 12.7. The van der Waals surface area contributed by atoms with Gasteiger partial charge in [0.2, 0.25) is 0 Å². The van der Waals surface area contributed by atoms with E-state index in [9.17, 15) is 0 Å². The predicted octanol–water partition coefficient (Wildman–Crippen LogP) is 4.55. The Morgan fingerprint density at radius 1 is 1.09 bits per heavy atom. The Morgan fingerprint density at radius 2 is 1.78 bits per heavy atom. The minimum Gasteiger partial charge on any atom is -0.496 e. The molecule has 23 heavy (non-hydrogen) atoms. The Bertz CT molecular complexity index is 769. The lowest BCUT2D eigenvalue weighted by atomic mass is 10.1. The zero-order chi connectivity index (χ0) is 16.4. The minimum atomic E-state index is 0.865. The van der Waals surface area contributed by atoms with E-state index in [-0.39, 0.29) is 0 Å². The van der Waals surface area contributed by atoms with Crippen LogP contribution in [-0.4, -0.2) is 24.0 Å². The Kier molecular flexibility index (Phi) is 4.64. The number of methoxy groups -OCH3 is 1. The number of ether oxygens (including phenoxy) is 1. The molecule has 0 aliphatic heterocycles. The topological polar surface area (TPSA) is 25.4 Å². The highest BCUT2D eigenvalue weighted by molar-refractivity contribution is 7.18. The molecule has 120 valence electrons. The Labute approximate surface area is 141 Å². The van der Waals surface area contributed by atoms with Gasteiger partial charge in [-0.3, -0.25) is 4.90 Å². The summed E-state index contributed by atoms with van der Waals surface area (Å²) in [5, 5.41) is 1.16. The van der Waals surface area contributed by atoms with Crippen LogP contribution in [0.15, 0.2) is 36.4 Å². The summed E-state index contributed by atoms with van der Waals surface area (Å²) < 4.78 is 6.70. The second kappa shape index (κ2) is 6.69. The Balaban J connectivity index is 1.73. The first kappa shape index (κ1) is 16.0. The maximum Gasteiger partial charge on any atom is 0.124 e. The lowest BCUT2D eigenvalue weighted by Gasteiger charge is -2.17. The van der Waals surface area contributed by atoms with Crippen molar-refractivity contribution < 1.29 is 4.74 Å². The number of benzene rings is 2. The third-order valence-corrected chi connectivity index (χ3v) is 4.94. The van der Waals surface area contributed by atoms with Gasteiger partial charge in [0.05, 0.1) is 23.9 Å². The number of thiazole rings is 1. The molecule has 0 bridgehead atoms. The summed E-state index contributed by atoms with van der Waals surface area (Å²) in [4.78, 5) is 7.02. The van der Waals surface area contributed by atoms with Crippen LogP contribution in [0.3, 0.4) is 0 Å². The first-order chi connectivity index (χ1) is 11.1. The van der Waals surface area contributed by atoms with Crippen molar-refractivity contribution in [3.63, 3.8) is 0 Å². The van der Waals surface area contributed by atoms with Crippen molar-refractivity contribution in [2.24, 2.45) is 0 Å². The van der Waals surface area contributed by atoms with Crippen molar-refractivity contribution >= 4 is 21.6 Å². The van der Waals surface area contributed by atoms with E-state index in [0.717, 1.165) is 29.4 Å². The van der Waals surface area contributed by atoms with Gasteiger partial charge >= 0.3 is 0 Å². The van der Waals surface area contributed by atoms with Crippen LogP contribution in [0.4, 0.5) is 0 Å². The molecule has 2 aromatic carbocycles. The van der Waals surface area contributed by atoms with Crippen molar-refractivity contribution in [2.45, 2.75) is 26.9 Å². The Morgan fingerprint density at radius 3 is 2.43 bits per heavy atom. The normalized spacial score (nSPS) is 11.3. The first-order valence-electron chi connectivity index (χ1n) is 7.74. The fourth-order valence-corrected chi connectivity index (χ4v) is 4.09. The highest BCUT2D eigenvalue weighted by atomic mass is 32.1. The molecule has 4 heteroatoms. The fraction of sp³-hybridized carbons (Fsp3) is 0.316. The van der Waals surface area contributed by atoms with Gasteiger partial charge in [0, 0.05) is 6.54 Å². The summed E-state index contributed by atoms with van der Waals surface area (Å²) in [5.41, 5.74) is 4.79. The van der Waals surface area contributed by atoms with Crippen molar-refractivity contribution in [2.75, 3.05) is 14.2 Å². The van der Waals surface area contributed by atoms with E-state index >= 15 is 0 Å². The van der Waals surface area contributed by atoms with Gasteiger partial charge in [0.1, 0.15) is 10.8 Å². The number of rotatable bonds is 5. The molecule has 0 radical (unpaired) electrons. The monoisotopic (exact) mass is 326 g/mol. The van der Waals surface area contributed by atoms with Gasteiger partial charge in [-0.15, -0.1) is 11.3 Å². The van der Waals surface area contributed by atoms with Crippen molar-refractivity contribution in [3.8, 4) is 5.75 Å².